The van der Waals surface area contributed by atoms with Gasteiger partial charge in [-0.25, -0.2) is 0 Å². The Labute approximate surface area is 166 Å². The topological polar surface area (TPSA) is 66.7 Å². The molecule has 4 rings (SSSR count). The second kappa shape index (κ2) is 7.50. The maximum atomic E-state index is 12.9. The molecule has 0 aromatic heterocycles. The van der Waals surface area contributed by atoms with Gasteiger partial charge in [0.15, 0.2) is 0 Å². The number of nitro benzene ring substituents is 1. The standard InChI is InChI=1S/C20H24F3N3O3/c21-20(22,23)16-3-4-17(18(12-16)26(28)29)24-5-7-25(8-6-24)19(27)11-15-10-13-1-2-14(15)9-13/h3-4,12-15H,1-2,5-11H2/t13-,14-,15-/m1/s1. The van der Waals surface area contributed by atoms with E-state index in [1.807, 2.05) is 0 Å². The number of hydrogen-bond acceptors (Lipinski definition) is 4. The molecule has 0 unspecified atom stereocenters. The van der Waals surface area contributed by atoms with Crippen LogP contribution in [0, 0.1) is 27.9 Å². The number of carbonyl (C=O) groups excluding carboxylic acids is 1. The van der Waals surface area contributed by atoms with Gasteiger partial charge in [-0.3, -0.25) is 14.9 Å². The van der Waals surface area contributed by atoms with E-state index in [-0.39, 0.29) is 11.6 Å². The molecule has 9 heteroatoms. The molecule has 6 nitrogen and oxygen atoms in total. The van der Waals surface area contributed by atoms with E-state index in [0.29, 0.717) is 50.5 Å². The summed E-state index contributed by atoms with van der Waals surface area (Å²) in [5, 5.41) is 11.3. The van der Waals surface area contributed by atoms with Gasteiger partial charge in [0, 0.05) is 38.7 Å². The number of amides is 1. The van der Waals surface area contributed by atoms with Crippen molar-refractivity contribution in [1.82, 2.24) is 4.90 Å². The van der Waals surface area contributed by atoms with Crippen LogP contribution in [0.15, 0.2) is 18.2 Å². The molecule has 1 heterocycles. The molecule has 1 aromatic rings. The van der Waals surface area contributed by atoms with Gasteiger partial charge in [0.25, 0.3) is 5.69 Å². The fraction of sp³-hybridized carbons (Fsp3) is 0.650. The third-order valence-electron chi connectivity index (χ3n) is 6.79. The molecule has 3 atom stereocenters. The SMILES string of the molecule is O=C(C[C@H]1C[C@@H]2CC[C@@H]1C2)N1CCN(c2ccc(C(F)(F)F)cc2[N+](=O)[O-])CC1. The molecule has 2 saturated carbocycles. The van der Waals surface area contributed by atoms with Crippen molar-refractivity contribution in [2.24, 2.45) is 17.8 Å². The van der Waals surface area contributed by atoms with E-state index in [1.54, 1.807) is 9.80 Å². The first-order chi connectivity index (χ1) is 13.7. The van der Waals surface area contributed by atoms with E-state index in [4.69, 9.17) is 0 Å². The predicted octanol–water partition coefficient (Wildman–Crippen LogP) is 4.09. The quantitative estimate of drug-likeness (QED) is 0.553. The molecule has 1 amide bonds. The summed E-state index contributed by atoms with van der Waals surface area (Å²) in [6.07, 6.45) is 0.862. The number of hydrogen-bond donors (Lipinski definition) is 0. The van der Waals surface area contributed by atoms with Crippen LogP contribution in [0.25, 0.3) is 0 Å². The molecule has 3 fully saturated rings. The van der Waals surface area contributed by atoms with Crippen LogP contribution in [0.3, 0.4) is 0 Å². The van der Waals surface area contributed by atoms with Gasteiger partial charge in [0.2, 0.25) is 5.91 Å². The van der Waals surface area contributed by atoms with Crippen LogP contribution in [-0.2, 0) is 11.0 Å². The van der Waals surface area contributed by atoms with E-state index in [0.717, 1.165) is 24.5 Å². The van der Waals surface area contributed by atoms with Crippen molar-refractivity contribution in [3.05, 3.63) is 33.9 Å². The summed E-state index contributed by atoms with van der Waals surface area (Å²) in [5.41, 5.74) is -1.42. The lowest BCUT2D eigenvalue weighted by Crippen LogP contribution is -2.49. The number of alkyl halides is 3. The molecule has 1 aliphatic heterocycles. The highest BCUT2D eigenvalue weighted by Gasteiger charge is 2.41. The summed E-state index contributed by atoms with van der Waals surface area (Å²) >= 11 is 0. The fourth-order valence-corrected chi connectivity index (χ4v) is 5.29. The average molecular weight is 411 g/mol. The number of halogens is 3. The highest BCUT2D eigenvalue weighted by Crippen LogP contribution is 2.49. The molecule has 2 bridgehead atoms. The summed E-state index contributed by atoms with van der Waals surface area (Å²) < 4.78 is 38.7. The highest BCUT2D eigenvalue weighted by atomic mass is 19.4. The number of anilines is 1. The molecule has 2 aliphatic carbocycles. The summed E-state index contributed by atoms with van der Waals surface area (Å²) in [6.45, 7) is 1.60. The molecule has 1 aromatic carbocycles. The first kappa shape index (κ1) is 20.0. The Kier molecular flexibility index (Phi) is 5.16. The largest absolute Gasteiger partial charge is 0.416 e. The van der Waals surface area contributed by atoms with E-state index >= 15 is 0 Å². The number of rotatable bonds is 4. The minimum Gasteiger partial charge on any atom is -0.362 e. The van der Waals surface area contributed by atoms with Crippen molar-refractivity contribution in [3.8, 4) is 0 Å². The molecular formula is C20H24F3N3O3. The first-order valence-corrected chi connectivity index (χ1v) is 10.1. The summed E-state index contributed by atoms with van der Waals surface area (Å²) in [4.78, 5) is 26.7. The third kappa shape index (κ3) is 4.04. The number of piperazine rings is 1. The Morgan fingerprint density at radius 3 is 2.41 bits per heavy atom. The van der Waals surface area contributed by atoms with Gasteiger partial charge in [-0.1, -0.05) is 6.42 Å². The second-order valence-electron chi connectivity index (χ2n) is 8.47. The van der Waals surface area contributed by atoms with Crippen molar-refractivity contribution in [2.45, 2.75) is 38.3 Å². The van der Waals surface area contributed by atoms with Crippen molar-refractivity contribution >= 4 is 17.3 Å². The van der Waals surface area contributed by atoms with Gasteiger partial charge in [-0.05, 0) is 49.1 Å². The van der Waals surface area contributed by atoms with Gasteiger partial charge in [-0.2, -0.15) is 13.2 Å². The normalized spacial score (nSPS) is 26.8. The number of carbonyl (C=O) groups is 1. The van der Waals surface area contributed by atoms with E-state index in [2.05, 4.69) is 0 Å². The Morgan fingerprint density at radius 2 is 1.86 bits per heavy atom. The molecule has 1 saturated heterocycles. The van der Waals surface area contributed by atoms with Gasteiger partial charge < -0.3 is 9.80 Å². The lowest BCUT2D eigenvalue weighted by atomic mass is 9.86. The smallest absolute Gasteiger partial charge is 0.362 e. The van der Waals surface area contributed by atoms with Crippen molar-refractivity contribution in [3.63, 3.8) is 0 Å². The number of fused-ring (bicyclic) bond motifs is 2. The molecule has 3 aliphatic rings. The third-order valence-corrected chi connectivity index (χ3v) is 6.79. The number of nitro groups is 1. The van der Waals surface area contributed by atoms with Gasteiger partial charge in [0.05, 0.1) is 10.5 Å². The molecule has 0 radical (unpaired) electrons. The summed E-state index contributed by atoms with van der Waals surface area (Å²) in [7, 11) is 0. The predicted molar refractivity (Wildman–Crippen MR) is 100 cm³/mol. The number of benzene rings is 1. The van der Waals surface area contributed by atoms with Crippen LogP contribution in [0.1, 0.15) is 37.7 Å². The Hall–Kier alpha value is -2.32. The highest BCUT2D eigenvalue weighted by molar-refractivity contribution is 5.77. The lowest BCUT2D eigenvalue weighted by Gasteiger charge is -2.36. The molecule has 29 heavy (non-hydrogen) atoms. The monoisotopic (exact) mass is 411 g/mol. The lowest BCUT2D eigenvalue weighted by molar-refractivity contribution is -0.384. The van der Waals surface area contributed by atoms with Crippen LogP contribution in [0.5, 0.6) is 0 Å². The van der Waals surface area contributed by atoms with Crippen molar-refractivity contribution < 1.29 is 22.9 Å². The van der Waals surface area contributed by atoms with Gasteiger partial charge in [-0.15, -0.1) is 0 Å². The van der Waals surface area contributed by atoms with Crippen LogP contribution < -0.4 is 4.90 Å². The van der Waals surface area contributed by atoms with Gasteiger partial charge in [0.1, 0.15) is 5.69 Å². The van der Waals surface area contributed by atoms with Crippen LogP contribution in [-0.4, -0.2) is 41.9 Å². The summed E-state index contributed by atoms with van der Waals surface area (Å²) in [6, 6.07) is 2.62. The fourth-order valence-electron chi connectivity index (χ4n) is 5.29. The number of nitrogens with zero attached hydrogens (tertiary/aromatic N) is 3. The van der Waals surface area contributed by atoms with Crippen LogP contribution in [0.2, 0.25) is 0 Å². The van der Waals surface area contributed by atoms with E-state index in [9.17, 15) is 28.1 Å². The van der Waals surface area contributed by atoms with Crippen LogP contribution in [0.4, 0.5) is 24.5 Å². The zero-order valence-electron chi connectivity index (χ0n) is 16.0. The molecule has 158 valence electrons. The first-order valence-electron chi connectivity index (χ1n) is 10.1. The summed E-state index contributed by atoms with van der Waals surface area (Å²) in [5.74, 6) is 2.08. The van der Waals surface area contributed by atoms with Gasteiger partial charge >= 0.3 is 6.18 Å². The Balaban J connectivity index is 1.39. The molecular weight excluding hydrogens is 387 g/mol. The maximum Gasteiger partial charge on any atom is 0.416 e. The second-order valence-corrected chi connectivity index (χ2v) is 8.47. The maximum absolute atomic E-state index is 12.9. The van der Waals surface area contributed by atoms with Crippen LogP contribution >= 0.6 is 0 Å². The minimum absolute atomic E-state index is 0.129. The zero-order chi connectivity index (χ0) is 20.8. The zero-order valence-corrected chi connectivity index (χ0v) is 16.0. The average Bonchev–Trinajstić information content (AvgIpc) is 3.30. The van der Waals surface area contributed by atoms with Crippen molar-refractivity contribution in [2.75, 3.05) is 31.1 Å². The molecule has 0 N–H and O–H groups in total. The van der Waals surface area contributed by atoms with Crippen molar-refractivity contribution in [1.29, 1.82) is 0 Å². The minimum atomic E-state index is -4.63. The van der Waals surface area contributed by atoms with E-state index in [1.165, 1.54) is 19.3 Å². The van der Waals surface area contributed by atoms with E-state index < -0.39 is 22.4 Å². The Bertz CT molecular complexity index is 806. The molecule has 0 spiro atoms. The Morgan fingerprint density at radius 1 is 1.14 bits per heavy atom.